The monoisotopic (exact) mass is 229 g/mol. The lowest BCUT2D eigenvalue weighted by atomic mass is 10.2. The predicted molar refractivity (Wildman–Crippen MR) is 58.7 cm³/mol. The van der Waals surface area contributed by atoms with Crippen LogP contribution < -0.4 is 0 Å². The maximum Gasteiger partial charge on any atom is 0.277 e. The first-order chi connectivity index (χ1) is 8.24. The Kier molecular flexibility index (Phi) is 2.01. The van der Waals surface area contributed by atoms with Gasteiger partial charge >= 0.3 is 0 Å². The van der Waals surface area contributed by atoms with E-state index in [1.165, 1.54) is 0 Å². The molecule has 2 heterocycles. The molecule has 1 fully saturated rings. The summed E-state index contributed by atoms with van der Waals surface area (Å²) in [5.41, 5.74) is 2.14. The SMILES string of the molecule is C=C1OCC1=NC(=O)c1ccc2nonc2c1. The molecular weight excluding hydrogens is 222 g/mol. The Hall–Kier alpha value is -2.50. The highest BCUT2D eigenvalue weighted by Gasteiger charge is 2.19. The number of carbonyl (C=O) groups excluding carboxylic acids is 1. The van der Waals surface area contributed by atoms with Gasteiger partial charge in [-0.3, -0.25) is 4.79 Å². The number of amides is 1. The average Bonchev–Trinajstić information content (AvgIpc) is 2.80. The fourth-order valence-electron chi connectivity index (χ4n) is 1.44. The molecule has 1 aliphatic rings. The van der Waals surface area contributed by atoms with Crippen molar-refractivity contribution in [2.45, 2.75) is 0 Å². The number of nitrogens with zero attached hydrogens (tertiary/aromatic N) is 3. The van der Waals surface area contributed by atoms with Gasteiger partial charge in [0.25, 0.3) is 5.91 Å². The zero-order valence-corrected chi connectivity index (χ0v) is 8.71. The minimum atomic E-state index is -0.352. The van der Waals surface area contributed by atoms with Gasteiger partial charge in [-0.2, -0.15) is 0 Å². The van der Waals surface area contributed by atoms with Crippen LogP contribution in [0.3, 0.4) is 0 Å². The number of aliphatic imine (C=N–C) groups is 1. The first kappa shape index (κ1) is 9.71. The van der Waals surface area contributed by atoms with E-state index in [1.54, 1.807) is 18.2 Å². The Bertz CT molecular complexity index is 657. The summed E-state index contributed by atoms with van der Waals surface area (Å²) in [5, 5.41) is 7.31. The lowest BCUT2D eigenvalue weighted by Crippen LogP contribution is -2.25. The number of fused-ring (bicyclic) bond motifs is 1. The van der Waals surface area contributed by atoms with E-state index < -0.39 is 0 Å². The highest BCUT2D eigenvalue weighted by molar-refractivity contribution is 6.12. The van der Waals surface area contributed by atoms with Gasteiger partial charge < -0.3 is 4.74 Å². The fourth-order valence-corrected chi connectivity index (χ4v) is 1.44. The number of carbonyl (C=O) groups is 1. The maximum absolute atomic E-state index is 11.8. The second kappa shape index (κ2) is 3.51. The molecule has 0 saturated carbocycles. The van der Waals surface area contributed by atoms with Gasteiger partial charge in [0.2, 0.25) is 0 Å². The lowest BCUT2D eigenvalue weighted by Gasteiger charge is -2.19. The van der Waals surface area contributed by atoms with Crippen LogP contribution in [0.4, 0.5) is 0 Å². The second-order valence-electron chi connectivity index (χ2n) is 3.54. The van der Waals surface area contributed by atoms with E-state index in [-0.39, 0.29) is 5.91 Å². The standard InChI is InChI=1S/C11H7N3O3/c1-6-10(5-16-6)12-11(15)7-2-3-8-9(4-7)14-17-13-8/h2-4H,1,5H2. The first-order valence-electron chi connectivity index (χ1n) is 4.90. The van der Waals surface area contributed by atoms with E-state index in [9.17, 15) is 4.79 Å². The van der Waals surface area contributed by atoms with Crippen molar-refractivity contribution < 1.29 is 14.2 Å². The van der Waals surface area contributed by atoms with Gasteiger partial charge in [-0.1, -0.05) is 6.58 Å². The third kappa shape index (κ3) is 1.59. The molecule has 1 aromatic heterocycles. The van der Waals surface area contributed by atoms with Crippen molar-refractivity contribution >= 4 is 22.7 Å². The summed E-state index contributed by atoms with van der Waals surface area (Å²) in [6.45, 7) is 3.92. The largest absolute Gasteiger partial charge is 0.486 e. The Labute approximate surface area is 95.5 Å². The van der Waals surface area contributed by atoms with Gasteiger partial charge in [-0.25, -0.2) is 9.62 Å². The van der Waals surface area contributed by atoms with Crippen LogP contribution >= 0.6 is 0 Å². The number of aromatic nitrogens is 2. The molecule has 6 nitrogen and oxygen atoms in total. The maximum atomic E-state index is 11.8. The van der Waals surface area contributed by atoms with Crippen molar-refractivity contribution in [2.24, 2.45) is 4.99 Å². The molecule has 0 bridgehead atoms. The molecule has 0 spiro atoms. The molecule has 1 aromatic carbocycles. The van der Waals surface area contributed by atoms with Crippen LogP contribution in [0.15, 0.2) is 40.2 Å². The molecule has 3 rings (SSSR count). The van der Waals surface area contributed by atoms with Gasteiger partial charge in [-0.15, -0.1) is 0 Å². The van der Waals surface area contributed by atoms with E-state index in [4.69, 9.17) is 4.74 Å². The smallest absolute Gasteiger partial charge is 0.277 e. The van der Waals surface area contributed by atoms with Crippen LogP contribution in [0.2, 0.25) is 0 Å². The normalized spacial score (nSPS) is 16.9. The van der Waals surface area contributed by atoms with Gasteiger partial charge in [0.15, 0.2) is 0 Å². The summed E-state index contributed by atoms with van der Waals surface area (Å²) in [6.07, 6.45) is 0. The average molecular weight is 229 g/mol. The molecule has 6 heteroatoms. The number of hydrogen-bond donors (Lipinski definition) is 0. The van der Waals surface area contributed by atoms with E-state index >= 15 is 0 Å². The van der Waals surface area contributed by atoms with E-state index in [0.717, 1.165) is 0 Å². The van der Waals surface area contributed by atoms with Gasteiger partial charge in [0.1, 0.15) is 29.1 Å². The third-order valence-corrected chi connectivity index (χ3v) is 2.44. The van der Waals surface area contributed by atoms with E-state index in [1.807, 2.05) is 0 Å². The fraction of sp³-hybridized carbons (Fsp3) is 0.0909. The summed E-state index contributed by atoms with van der Waals surface area (Å²) in [7, 11) is 0. The molecule has 0 atom stereocenters. The molecular formula is C11H7N3O3. The van der Waals surface area contributed by atoms with E-state index in [2.05, 4.69) is 26.5 Å². The molecule has 84 valence electrons. The van der Waals surface area contributed by atoms with Crippen LogP contribution in [0.25, 0.3) is 11.0 Å². The quantitative estimate of drug-likeness (QED) is 0.737. The molecule has 1 saturated heterocycles. The lowest BCUT2D eigenvalue weighted by molar-refractivity contribution is 0.0999. The van der Waals surface area contributed by atoms with Crippen LogP contribution in [0, 0.1) is 0 Å². The molecule has 0 radical (unpaired) electrons. The first-order valence-corrected chi connectivity index (χ1v) is 4.90. The molecule has 1 aliphatic heterocycles. The summed E-state index contributed by atoms with van der Waals surface area (Å²) < 4.78 is 9.47. The van der Waals surface area contributed by atoms with Crippen LogP contribution in [-0.2, 0) is 4.74 Å². The number of ether oxygens (including phenoxy) is 1. The molecule has 1 amide bonds. The molecule has 0 unspecified atom stereocenters. The summed E-state index contributed by atoms with van der Waals surface area (Å²) in [5.74, 6) is 0.0943. The van der Waals surface area contributed by atoms with Crippen molar-refractivity contribution in [3.63, 3.8) is 0 Å². The summed E-state index contributed by atoms with van der Waals surface area (Å²) in [6, 6.07) is 4.87. The van der Waals surface area contributed by atoms with Crippen LogP contribution in [-0.4, -0.2) is 28.5 Å². The zero-order chi connectivity index (χ0) is 11.8. The Balaban J connectivity index is 1.95. The molecule has 2 aromatic rings. The minimum absolute atomic E-state index is 0.332. The van der Waals surface area contributed by atoms with Crippen molar-refractivity contribution in [3.8, 4) is 0 Å². The number of hydrogen-bond acceptors (Lipinski definition) is 5. The molecule has 0 aliphatic carbocycles. The van der Waals surface area contributed by atoms with Crippen LogP contribution in [0.5, 0.6) is 0 Å². The van der Waals surface area contributed by atoms with E-state index in [0.29, 0.717) is 34.7 Å². The number of benzene rings is 1. The summed E-state index contributed by atoms with van der Waals surface area (Å²) >= 11 is 0. The molecule has 17 heavy (non-hydrogen) atoms. The third-order valence-electron chi connectivity index (χ3n) is 2.44. The van der Waals surface area contributed by atoms with Gasteiger partial charge in [0, 0.05) is 5.56 Å². The van der Waals surface area contributed by atoms with Crippen molar-refractivity contribution in [1.29, 1.82) is 0 Å². The Morgan fingerprint density at radius 3 is 2.88 bits per heavy atom. The van der Waals surface area contributed by atoms with Crippen molar-refractivity contribution in [2.75, 3.05) is 6.61 Å². The second-order valence-corrected chi connectivity index (χ2v) is 3.54. The number of rotatable bonds is 1. The summed E-state index contributed by atoms with van der Waals surface area (Å²) in [4.78, 5) is 15.7. The predicted octanol–water partition coefficient (Wildman–Crippen LogP) is 1.35. The van der Waals surface area contributed by atoms with Gasteiger partial charge in [-0.05, 0) is 28.5 Å². The molecule has 0 N–H and O–H groups in total. The van der Waals surface area contributed by atoms with Crippen molar-refractivity contribution in [3.05, 3.63) is 36.1 Å². The Morgan fingerprint density at radius 1 is 1.35 bits per heavy atom. The topological polar surface area (TPSA) is 77.6 Å². The van der Waals surface area contributed by atoms with Crippen LogP contribution in [0.1, 0.15) is 10.4 Å². The Morgan fingerprint density at radius 2 is 2.18 bits per heavy atom. The highest BCUT2D eigenvalue weighted by atomic mass is 16.6. The van der Waals surface area contributed by atoms with Crippen molar-refractivity contribution in [1.82, 2.24) is 10.3 Å². The van der Waals surface area contributed by atoms with Gasteiger partial charge in [0.05, 0.1) is 0 Å². The zero-order valence-electron chi connectivity index (χ0n) is 8.71. The minimum Gasteiger partial charge on any atom is -0.486 e. The highest BCUT2D eigenvalue weighted by Crippen LogP contribution is 2.15.